The molecule has 0 aliphatic heterocycles. The molecule has 3 heterocycles. The van der Waals surface area contributed by atoms with Crippen molar-refractivity contribution >= 4 is 5.91 Å². The Bertz CT molecular complexity index is 872. The Morgan fingerprint density at radius 3 is 2.65 bits per heavy atom. The normalized spacial score (nSPS) is 13.7. The molecule has 4 rings (SSSR count). The van der Waals surface area contributed by atoms with E-state index >= 15 is 0 Å². The number of amides is 1. The lowest BCUT2D eigenvalue weighted by Gasteiger charge is -2.01. The van der Waals surface area contributed by atoms with Gasteiger partial charge in [-0.25, -0.2) is 0 Å². The van der Waals surface area contributed by atoms with Crippen LogP contribution in [-0.4, -0.2) is 37.7 Å². The Morgan fingerprint density at radius 1 is 1.08 bits per heavy atom. The quantitative estimate of drug-likeness (QED) is 0.649. The molecule has 1 N–H and O–H groups in total. The van der Waals surface area contributed by atoms with Crippen molar-refractivity contribution in [2.75, 3.05) is 6.54 Å². The van der Waals surface area contributed by atoms with Gasteiger partial charge >= 0.3 is 0 Å². The summed E-state index contributed by atoms with van der Waals surface area (Å²) in [5.41, 5.74) is 0.824. The first-order valence-electron chi connectivity index (χ1n) is 8.60. The average Bonchev–Trinajstić information content (AvgIpc) is 3.22. The Kier molecular flexibility index (Phi) is 4.67. The fourth-order valence-electron chi connectivity index (χ4n) is 2.47. The van der Waals surface area contributed by atoms with Gasteiger partial charge in [-0.1, -0.05) is 10.3 Å². The smallest absolute Gasteiger partial charge is 0.228 e. The minimum absolute atomic E-state index is 0.0874. The van der Waals surface area contributed by atoms with E-state index < -0.39 is 0 Å². The summed E-state index contributed by atoms with van der Waals surface area (Å²) >= 11 is 0. The first-order chi connectivity index (χ1) is 12.8. The van der Waals surface area contributed by atoms with Gasteiger partial charge in [-0.05, 0) is 25.0 Å². The number of hydrogen-bond donors (Lipinski definition) is 1. The molecule has 26 heavy (non-hydrogen) atoms. The average molecular weight is 354 g/mol. The maximum Gasteiger partial charge on any atom is 0.228 e. The van der Waals surface area contributed by atoms with Crippen molar-refractivity contribution in [1.29, 1.82) is 0 Å². The topological polar surface area (TPSA) is 120 Å². The molecule has 9 nitrogen and oxygen atoms in total. The van der Waals surface area contributed by atoms with Crippen LogP contribution in [0.5, 0.6) is 0 Å². The van der Waals surface area contributed by atoms with Gasteiger partial charge in [0.15, 0.2) is 5.82 Å². The highest BCUT2D eigenvalue weighted by Crippen LogP contribution is 2.38. The Labute approximate surface area is 149 Å². The fourth-order valence-corrected chi connectivity index (χ4v) is 2.47. The maximum atomic E-state index is 11.9. The van der Waals surface area contributed by atoms with E-state index in [-0.39, 0.29) is 12.3 Å². The molecule has 0 bridgehead atoms. The zero-order valence-electron chi connectivity index (χ0n) is 14.1. The zero-order valence-corrected chi connectivity index (χ0v) is 14.1. The molecule has 1 aliphatic carbocycles. The second-order valence-electron chi connectivity index (χ2n) is 6.17. The van der Waals surface area contributed by atoms with Gasteiger partial charge in [0.1, 0.15) is 0 Å². The molecule has 0 atom stereocenters. The van der Waals surface area contributed by atoms with Crippen LogP contribution in [0.3, 0.4) is 0 Å². The van der Waals surface area contributed by atoms with Crippen molar-refractivity contribution in [2.45, 2.75) is 38.0 Å². The lowest BCUT2D eigenvalue weighted by Crippen LogP contribution is -2.26. The molecular weight excluding hydrogens is 336 g/mol. The summed E-state index contributed by atoms with van der Waals surface area (Å²) in [6.07, 6.45) is 6.78. The molecule has 1 saturated carbocycles. The number of hydrogen-bond acceptors (Lipinski definition) is 8. The van der Waals surface area contributed by atoms with Gasteiger partial charge in [0.05, 0.1) is 0 Å². The van der Waals surface area contributed by atoms with E-state index in [1.165, 1.54) is 0 Å². The van der Waals surface area contributed by atoms with Crippen molar-refractivity contribution in [2.24, 2.45) is 0 Å². The van der Waals surface area contributed by atoms with Gasteiger partial charge in [0, 0.05) is 49.7 Å². The van der Waals surface area contributed by atoms with Crippen molar-refractivity contribution in [3.05, 3.63) is 42.1 Å². The van der Waals surface area contributed by atoms with Crippen LogP contribution in [0.1, 0.15) is 42.8 Å². The first-order valence-corrected chi connectivity index (χ1v) is 8.60. The monoisotopic (exact) mass is 354 g/mol. The van der Waals surface area contributed by atoms with Crippen LogP contribution in [0.4, 0.5) is 0 Å². The fraction of sp³-hybridized carbons (Fsp3) is 0.412. The summed E-state index contributed by atoms with van der Waals surface area (Å²) < 4.78 is 10.4. The summed E-state index contributed by atoms with van der Waals surface area (Å²) in [6.45, 7) is 0.456. The van der Waals surface area contributed by atoms with Gasteiger partial charge in [-0.15, -0.1) is 0 Å². The molecule has 0 saturated heterocycles. The predicted octanol–water partition coefficient (Wildman–Crippen LogP) is 1.68. The van der Waals surface area contributed by atoms with Crippen LogP contribution in [0, 0.1) is 0 Å². The SMILES string of the molecule is O=C(CCc1nc(-c2ccncc2)no1)NCCc1nc(C2CC2)no1. The number of carbonyl (C=O) groups is 1. The molecule has 0 spiro atoms. The summed E-state index contributed by atoms with van der Waals surface area (Å²) in [5, 5.41) is 10.7. The number of aromatic nitrogens is 5. The van der Waals surface area contributed by atoms with E-state index in [9.17, 15) is 4.79 Å². The predicted molar refractivity (Wildman–Crippen MR) is 88.8 cm³/mol. The van der Waals surface area contributed by atoms with Crippen molar-refractivity contribution in [3.63, 3.8) is 0 Å². The molecule has 3 aromatic rings. The third kappa shape index (κ3) is 4.11. The highest BCUT2D eigenvalue weighted by molar-refractivity contribution is 5.76. The lowest BCUT2D eigenvalue weighted by atomic mass is 10.2. The van der Waals surface area contributed by atoms with Crippen LogP contribution in [0.2, 0.25) is 0 Å². The van der Waals surface area contributed by atoms with Gasteiger partial charge in [0.2, 0.25) is 23.5 Å². The maximum absolute atomic E-state index is 11.9. The molecule has 0 unspecified atom stereocenters. The number of nitrogens with zero attached hydrogens (tertiary/aromatic N) is 5. The highest BCUT2D eigenvalue weighted by Gasteiger charge is 2.28. The summed E-state index contributed by atoms with van der Waals surface area (Å²) in [5.74, 6) is 2.64. The second-order valence-corrected chi connectivity index (χ2v) is 6.17. The summed E-state index contributed by atoms with van der Waals surface area (Å²) in [6, 6.07) is 3.60. The molecule has 3 aromatic heterocycles. The molecule has 134 valence electrons. The molecule has 1 amide bonds. The highest BCUT2D eigenvalue weighted by atomic mass is 16.5. The summed E-state index contributed by atoms with van der Waals surface area (Å²) in [4.78, 5) is 24.5. The Hall–Kier alpha value is -3.10. The standard InChI is InChI=1S/C17H18N6O3/c24-13(19-10-7-15-21-16(22-26-15)11-1-2-11)3-4-14-20-17(23-25-14)12-5-8-18-9-6-12/h5-6,8-9,11H,1-4,7,10H2,(H,19,24). The van der Waals surface area contributed by atoms with Crippen LogP contribution >= 0.6 is 0 Å². The Balaban J connectivity index is 1.19. The molecule has 1 aliphatic rings. The van der Waals surface area contributed by atoms with Crippen molar-refractivity contribution < 1.29 is 13.8 Å². The number of nitrogens with one attached hydrogen (secondary N) is 1. The third-order valence-corrected chi connectivity index (χ3v) is 4.06. The summed E-state index contributed by atoms with van der Waals surface area (Å²) in [7, 11) is 0. The van der Waals surface area contributed by atoms with Gasteiger partial charge in [0.25, 0.3) is 0 Å². The van der Waals surface area contributed by atoms with Crippen LogP contribution < -0.4 is 5.32 Å². The van der Waals surface area contributed by atoms with E-state index in [2.05, 4.69) is 30.6 Å². The van der Waals surface area contributed by atoms with E-state index in [1.807, 2.05) is 0 Å². The van der Waals surface area contributed by atoms with E-state index in [4.69, 9.17) is 9.05 Å². The van der Waals surface area contributed by atoms with E-state index in [0.29, 0.717) is 42.9 Å². The van der Waals surface area contributed by atoms with Crippen LogP contribution in [-0.2, 0) is 17.6 Å². The van der Waals surface area contributed by atoms with Crippen LogP contribution in [0.25, 0.3) is 11.4 Å². The van der Waals surface area contributed by atoms with E-state index in [0.717, 1.165) is 24.2 Å². The third-order valence-electron chi connectivity index (χ3n) is 4.06. The van der Waals surface area contributed by atoms with Gasteiger partial charge < -0.3 is 14.4 Å². The van der Waals surface area contributed by atoms with Crippen LogP contribution in [0.15, 0.2) is 33.6 Å². The second kappa shape index (κ2) is 7.42. The van der Waals surface area contributed by atoms with Crippen molar-refractivity contribution in [1.82, 2.24) is 30.6 Å². The van der Waals surface area contributed by atoms with Gasteiger partial charge in [-0.3, -0.25) is 9.78 Å². The minimum atomic E-state index is -0.0874. The lowest BCUT2D eigenvalue weighted by molar-refractivity contribution is -0.121. The van der Waals surface area contributed by atoms with E-state index in [1.54, 1.807) is 24.5 Å². The number of pyridine rings is 1. The number of rotatable bonds is 8. The molecule has 0 radical (unpaired) electrons. The number of aryl methyl sites for hydroxylation is 1. The number of carbonyl (C=O) groups excluding carboxylic acids is 1. The molecular formula is C17H18N6O3. The minimum Gasteiger partial charge on any atom is -0.356 e. The first kappa shape index (κ1) is 16.4. The molecule has 9 heteroatoms. The van der Waals surface area contributed by atoms with Gasteiger partial charge in [-0.2, -0.15) is 9.97 Å². The van der Waals surface area contributed by atoms with Crippen molar-refractivity contribution in [3.8, 4) is 11.4 Å². The molecule has 0 aromatic carbocycles. The molecule has 1 fully saturated rings. The largest absolute Gasteiger partial charge is 0.356 e. The zero-order chi connectivity index (χ0) is 17.8. The Morgan fingerprint density at radius 2 is 1.85 bits per heavy atom.